The quantitative estimate of drug-likeness (QED) is 0.404. The van der Waals surface area contributed by atoms with Crippen LogP contribution in [0.25, 0.3) is 0 Å². The van der Waals surface area contributed by atoms with Crippen molar-refractivity contribution in [2.75, 3.05) is 19.6 Å². The molecule has 3 aliphatic rings. The first-order valence-corrected chi connectivity index (χ1v) is 13.5. The Bertz CT molecular complexity index is 1270. The van der Waals surface area contributed by atoms with Gasteiger partial charge in [0.25, 0.3) is 5.91 Å². The maximum absolute atomic E-state index is 13.5. The van der Waals surface area contributed by atoms with Crippen LogP contribution in [0.1, 0.15) is 52.7 Å². The molecule has 4 N–H and O–H groups in total. The molecule has 1 saturated carbocycles. The van der Waals surface area contributed by atoms with E-state index in [1.165, 1.54) is 0 Å². The van der Waals surface area contributed by atoms with Crippen LogP contribution < -0.4 is 16.0 Å². The smallest absolute Gasteiger partial charge is 0.251 e. The summed E-state index contributed by atoms with van der Waals surface area (Å²) >= 11 is 0. The summed E-state index contributed by atoms with van der Waals surface area (Å²) in [6.07, 6.45) is 1.41. The minimum Gasteiger partial charge on any atom is -0.392 e. The second-order valence-electron chi connectivity index (χ2n) is 10.5. The van der Waals surface area contributed by atoms with Crippen LogP contribution in [0.15, 0.2) is 48.5 Å². The summed E-state index contributed by atoms with van der Waals surface area (Å²) in [5, 5.41) is 18.0. The molecule has 0 aromatic heterocycles. The van der Waals surface area contributed by atoms with Crippen molar-refractivity contribution in [3.8, 4) is 11.8 Å². The van der Waals surface area contributed by atoms with E-state index in [1.54, 1.807) is 29.2 Å². The Labute approximate surface area is 227 Å². The molecule has 2 aromatic rings. The molecule has 0 radical (unpaired) electrons. The largest absolute Gasteiger partial charge is 0.392 e. The number of halogens is 1. The van der Waals surface area contributed by atoms with Gasteiger partial charge in [0.1, 0.15) is 6.17 Å². The summed E-state index contributed by atoms with van der Waals surface area (Å²) in [4.78, 5) is 40.1. The number of alkyl halides is 1. The predicted octanol–water partition coefficient (Wildman–Crippen LogP) is 1.50. The number of carbonyl (C=O) groups excluding carboxylic acids is 3. The third kappa shape index (κ3) is 6.83. The van der Waals surface area contributed by atoms with Crippen LogP contribution in [0, 0.1) is 17.8 Å². The maximum atomic E-state index is 13.5. The summed E-state index contributed by atoms with van der Waals surface area (Å²) < 4.78 is 13.5. The molecule has 2 aromatic carbocycles. The lowest BCUT2D eigenvalue weighted by molar-refractivity contribution is -0.133. The molecule has 2 heterocycles. The first-order valence-electron chi connectivity index (χ1n) is 13.5. The van der Waals surface area contributed by atoms with Gasteiger partial charge in [-0.15, -0.1) is 0 Å². The number of benzene rings is 2. The summed E-state index contributed by atoms with van der Waals surface area (Å²) in [5.74, 6) is 5.75. The number of nitrogens with one attached hydrogen (secondary N) is 3. The van der Waals surface area contributed by atoms with Gasteiger partial charge in [-0.2, -0.15) is 0 Å². The van der Waals surface area contributed by atoms with E-state index in [0.29, 0.717) is 18.5 Å². The van der Waals surface area contributed by atoms with E-state index in [2.05, 4.69) is 27.8 Å². The van der Waals surface area contributed by atoms with Gasteiger partial charge in [-0.1, -0.05) is 24.0 Å². The third-order valence-corrected chi connectivity index (χ3v) is 7.50. The van der Waals surface area contributed by atoms with Gasteiger partial charge in [-0.3, -0.25) is 14.4 Å². The normalized spacial score (nSPS) is 24.1. The molecule has 0 spiro atoms. The molecule has 0 bridgehead atoms. The van der Waals surface area contributed by atoms with Crippen LogP contribution in [-0.2, 0) is 16.2 Å². The Kier molecular flexibility index (Phi) is 8.24. The minimum atomic E-state index is -1.02. The van der Waals surface area contributed by atoms with Crippen LogP contribution in [0.2, 0.25) is 0 Å². The molecule has 2 aliphatic heterocycles. The van der Waals surface area contributed by atoms with Gasteiger partial charge >= 0.3 is 0 Å². The number of aliphatic hydroxyl groups excluding tert-OH is 1. The van der Waals surface area contributed by atoms with Crippen molar-refractivity contribution in [1.82, 2.24) is 20.9 Å². The van der Waals surface area contributed by atoms with E-state index in [-0.39, 0.29) is 61.8 Å². The molecule has 39 heavy (non-hydrogen) atoms. The highest BCUT2D eigenvalue weighted by atomic mass is 19.1. The van der Waals surface area contributed by atoms with E-state index < -0.39 is 12.2 Å². The van der Waals surface area contributed by atoms with E-state index >= 15 is 0 Å². The Morgan fingerprint density at radius 3 is 2.26 bits per heavy atom. The van der Waals surface area contributed by atoms with Gasteiger partial charge in [0.2, 0.25) is 11.8 Å². The minimum absolute atomic E-state index is 0.00984. The number of rotatable bonds is 7. The van der Waals surface area contributed by atoms with Crippen LogP contribution in [0.5, 0.6) is 0 Å². The third-order valence-electron chi connectivity index (χ3n) is 7.50. The van der Waals surface area contributed by atoms with Crippen LogP contribution in [0.4, 0.5) is 4.39 Å². The second-order valence-corrected chi connectivity index (χ2v) is 10.5. The highest BCUT2D eigenvalue weighted by Crippen LogP contribution is 2.33. The van der Waals surface area contributed by atoms with Gasteiger partial charge in [-0.25, -0.2) is 4.39 Å². The van der Waals surface area contributed by atoms with Gasteiger partial charge in [0.05, 0.1) is 18.7 Å². The number of hydrogen-bond acceptors (Lipinski definition) is 5. The second kappa shape index (κ2) is 12.0. The molecule has 4 atom stereocenters. The van der Waals surface area contributed by atoms with Gasteiger partial charge in [-0.05, 0) is 61.2 Å². The van der Waals surface area contributed by atoms with Crippen LogP contribution >= 0.6 is 0 Å². The zero-order chi connectivity index (χ0) is 27.4. The number of likely N-dealkylation sites (tertiary alicyclic amines) is 1. The Hall–Kier alpha value is -3.74. The molecule has 2 saturated heterocycles. The van der Waals surface area contributed by atoms with E-state index in [0.717, 1.165) is 29.5 Å². The average Bonchev–Trinajstić information content (AvgIpc) is 3.59. The lowest BCUT2D eigenvalue weighted by Crippen LogP contribution is -2.46. The molecule has 0 unspecified atom stereocenters. The Balaban J connectivity index is 1.16. The van der Waals surface area contributed by atoms with E-state index in [1.807, 2.05) is 24.3 Å². The number of nitrogens with zero attached hydrogens (tertiary/aromatic N) is 1. The van der Waals surface area contributed by atoms with E-state index in [4.69, 9.17) is 5.11 Å². The lowest BCUT2D eigenvalue weighted by atomic mass is 10.1. The van der Waals surface area contributed by atoms with Crippen molar-refractivity contribution in [2.45, 2.75) is 56.6 Å². The van der Waals surface area contributed by atoms with Crippen molar-refractivity contribution in [2.24, 2.45) is 5.92 Å². The summed E-state index contributed by atoms with van der Waals surface area (Å²) in [6, 6.07) is 13.3. The average molecular weight is 533 g/mol. The molecule has 3 fully saturated rings. The number of amides is 3. The monoisotopic (exact) mass is 532 g/mol. The van der Waals surface area contributed by atoms with Crippen molar-refractivity contribution in [3.63, 3.8) is 0 Å². The summed E-state index contributed by atoms with van der Waals surface area (Å²) in [6.45, 7) is 0.841. The summed E-state index contributed by atoms with van der Waals surface area (Å²) in [5.41, 5.74) is 2.91. The van der Waals surface area contributed by atoms with Crippen LogP contribution in [0.3, 0.4) is 0 Å². The number of carbonyl (C=O) groups is 3. The molecular weight excluding hydrogens is 499 g/mol. The standard InChI is InChI=1S/C30H33FN4O4/c31-24-13-27(32-15-24)29(38)34-25-14-26(35(17-25)30(39)23-11-12-23)16-33-28(37)22-9-7-20(8-10-22)2-1-19-3-5-21(18-36)6-4-19/h3-10,23-27,32,36H,11-18H2,(H,33,37)(H,34,38)/t24-,25+,26+,27-/m0/s1. The topological polar surface area (TPSA) is 111 Å². The van der Waals surface area contributed by atoms with Crippen LogP contribution in [-0.4, -0.2) is 71.7 Å². The molecule has 5 rings (SSSR count). The highest BCUT2D eigenvalue weighted by Gasteiger charge is 2.42. The van der Waals surface area contributed by atoms with Gasteiger partial charge in [0.15, 0.2) is 0 Å². The number of hydrogen-bond donors (Lipinski definition) is 4. The molecule has 3 amide bonds. The zero-order valence-corrected chi connectivity index (χ0v) is 21.7. The fraction of sp³-hybridized carbons (Fsp3) is 0.433. The molecule has 204 valence electrons. The Morgan fingerprint density at radius 1 is 1.00 bits per heavy atom. The molecule has 9 heteroatoms. The fourth-order valence-corrected chi connectivity index (χ4v) is 5.10. The van der Waals surface area contributed by atoms with Gasteiger partial charge in [0, 0.05) is 54.7 Å². The van der Waals surface area contributed by atoms with E-state index in [9.17, 15) is 18.8 Å². The van der Waals surface area contributed by atoms with Crippen molar-refractivity contribution in [3.05, 3.63) is 70.8 Å². The zero-order valence-electron chi connectivity index (χ0n) is 21.7. The van der Waals surface area contributed by atoms with Crippen molar-refractivity contribution >= 4 is 17.7 Å². The van der Waals surface area contributed by atoms with Crippen molar-refractivity contribution in [1.29, 1.82) is 0 Å². The highest BCUT2D eigenvalue weighted by molar-refractivity contribution is 5.94. The molecule has 8 nitrogen and oxygen atoms in total. The number of aliphatic hydroxyl groups is 1. The Morgan fingerprint density at radius 2 is 1.67 bits per heavy atom. The maximum Gasteiger partial charge on any atom is 0.251 e. The molecular formula is C30H33FN4O4. The summed E-state index contributed by atoms with van der Waals surface area (Å²) in [7, 11) is 0. The van der Waals surface area contributed by atoms with Gasteiger partial charge < -0.3 is 26.0 Å². The fourth-order valence-electron chi connectivity index (χ4n) is 5.10. The predicted molar refractivity (Wildman–Crippen MR) is 143 cm³/mol. The first-order chi connectivity index (χ1) is 18.9. The van der Waals surface area contributed by atoms with Crippen molar-refractivity contribution < 1.29 is 23.9 Å². The SMILES string of the molecule is O=C(NC[C@H]1C[C@@H](NC(=O)[C@@H]2C[C@H](F)CN2)CN1C(=O)C1CC1)c1ccc(C#Cc2ccc(CO)cc2)cc1. The first kappa shape index (κ1) is 26.9. The molecule has 1 aliphatic carbocycles. The lowest BCUT2D eigenvalue weighted by Gasteiger charge is -2.25.